The first-order valence-corrected chi connectivity index (χ1v) is 8.91. The van der Waals surface area contributed by atoms with Crippen LogP contribution in [0.1, 0.15) is 30.7 Å². The van der Waals surface area contributed by atoms with Crippen molar-refractivity contribution in [2.24, 2.45) is 11.8 Å². The number of piperidine rings is 1. The molecule has 0 radical (unpaired) electrons. The lowest BCUT2D eigenvalue weighted by Crippen LogP contribution is -2.44. The van der Waals surface area contributed by atoms with E-state index in [1.807, 2.05) is 18.7 Å². The van der Waals surface area contributed by atoms with Crippen molar-refractivity contribution in [3.05, 3.63) is 27.1 Å². The van der Waals surface area contributed by atoms with Gasteiger partial charge in [-0.2, -0.15) is 0 Å². The van der Waals surface area contributed by atoms with Crippen molar-refractivity contribution in [2.75, 3.05) is 13.1 Å². The van der Waals surface area contributed by atoms with Crippen molar-refractivity contribution in [1.82, 2.24) is 14.5 Å². The number of thiophene rings is 1. The van der Waals surface area contributed by atoms with Crippen molar-refractivity contribution in [3.63, 3.8) is 0 Å². The minimum absolute atomic E-state index is 0.0104. The maximum absolute atomic E-state index is 12.7. The molecule has 0 saturated carbocycles. The number of aromatic nitrogens is 2. The third-order valence-electron chi connectivity index (χ3n) is 4.68. The van der Waals surface area contributed by atoms with Crippen LogP contribution in [0, 0.1) is 25.7 Å². The Morgan fingerprint density at radius 1 is 1.30 bits per heavy atom. The second-order valence-electron chi connectivity index (χ2n) is 6.89. The van der Waals surface area contributed by atoms with Crippen LogP contribution < -0.4 is 5.56 Å². The van der Waals surface area contributed by atoms with E-state index in [-0.39, 0.29) is 18.0 Å². The van der Waals surface area contributed by atoms with E-state index in [0.29, 0.717) is 17.2 Å². The van der Waals surface area contributed by atoms with E-state index in [1.165, 1.54) is 22.2 Å². The van der Waals surface area contributed by atoms with Crippen LogP contribution in [0.4, 0.5) is 0 Å². The molecule has 0 N–H and O–H groups in total. The highest BCUT2D eigenvalue weighted by Gasteiger charge is 2.25. The third-order valence-corrected chi connectivity index (χ3v) is 5.80. The van der Waals surface area contributed by atoms with Crippen molar-refractivity contribution >= 4 is 27.5 Å². The molecule has 1 aliphatic rings. The van der Waals surface area contributed by atoms with Gasteiger partial charge in [-0.3, -0.25) is 14.2 Å². The fourth-order valence-corrected chi connectivity index (χ4v) is 4.48. The van der Waals surface area contributed by atoms with Gasteiger partial charge in [0.25, 0.3) is 5.56 Å². The van der Waals surface area contributed by atoms with Crippen LogP contribution >= 0.6 is 11.3 Å². The molecule has 3 rings (SSSR count). The lowest BCUT2D eigenvalue weighted by Gasteiger charge is -2.35. The van der Waals surface area contributed by atoms with Crippen molar-refractivity contribution in [1.29, 1.82) is 0 Å². The van der Waals surface area contributed by atoms with Gasteiger partial charge in [0.2, 0.25) is 5.91 Å². The molecule has 2 atom stereocenters. The minimum Gasteiger partial charge on any atom is -0.341 e. The molecular formula is C17H23N3O2S. The molecule has 2 aromatic rings. The molecule has 124 valence electrons. The number of likely N-dealkylation sites (tertiary alicyclic amines) is 1. The van der Waals surface area contributed by atoms with E-state index in [0.717, 1.165) is 34.8 Å². The zero-order valence-electron chi connectivity index (χ0n) is 14.1. The number of amides is 1. The molecule has 1 aliphatic heterocycles. The second-order valence-corrected chi connectivity index (χ2v) is 8.09. The van der Waals surface area contributed by atoms with Gasteiger partial charge in [0.1, 0.15) is 11.4 Å². The molecule has 0 bridgehead atoms. The predicted octanol–water partition coefficient (Wildman–Crippen LogP) is 2.58. The zero-order valence-corrected chi connectivity index (χ0v) is 14.9. The Balaban J connectivity index is 1.87. The van der Waals surface area contributed by atoms with Crippen molar-refractivity contribution in [2.45, 2.75) is 40.7 Å². The van der Waals surface area contributed by atoms with Gasteiger partial charge in [-0.1, -0.05) is 13.8 Å². The van der Waals surface area contributed by atoms with Gasteiger partial charge in [-0.25, -0.2) is 4.98 Å². The fourth-order valence-electron chi connectivity index (χ4n) is 3.49. The summed E-state index contributed by atoms with van der Waals surface area (Å²) in [5.41, 5.74) is 0.868. The average molecular weight is 333 g/mol. The van der Waals surface area contributed by atoms with Gasteiger partial charge >= 0.3 is 0 Å². The first kappa shape index (κ1) is 16.2. The molecule has 1 amide bonds. The number of nitrogens with zero attached hydrogens (tertiary/aromatic N) is 3. The predicted molar refractivity (Wildman–Crippen MR) is 92.9 cm³/mol. The number of aryl methyl sites for hydroxylation is 2. The molecule has 5 nitrogen and oxygen atoms in total. The smallest absolute Gasteiger partial charge is 0.262 e. The van der Waals surface area contributed by atoms with Gasteiger partial charge in [-0.05, 0) is 37.7 Å². The maximum atomic E-state index is 12.7. The van der Waals surface area contributed by atoms with E-state index in [2.05, 4.69) is 18.8 Å². The summed E-state index contributed by atoms with van der Waals surface area (Å²) in [5, 5.41) is 0.656. The fraction of sp³-hybridized carbons (Fsp3) is 0.588. The Labute approximate surface area is 139 Å². The molecule has 6 heteroatoms. The molecule has 0 spiro atoms. The van der Waals surface area contributed by atoms with E-state index in [4.69, 9.17) is 0 Å². The van der Waals surface area contributed by atoms with Crippen LogP contribution in [0.5, 0.6) is 0 Å². The number of carbonyl (C=O) groups is 1. The van der Waals surface area contributed by atoms with E-state index < -0.39 is 0 Å². The Morgan fingerprint density at radius 2 is 1.96 bits per heavy atom. The summed E-state index contributed by atoms with van der Waals surface area (Å²) >= 11 is 1.53. The SMILES string of the molecule is Cc1sc2ncn(CC(=O)N3C[C@H](C)C[C@@H](C)C3)c(=O)c2c1C. The number of fused-ring (bicyclic) bond motifs is 1. The highest BCUT2D eigenvalue weighted by molar-refractivity contribution is 7.18. The highest BCUT2D eigenvalue weighted by Crippen LogP contribution is 2.25. The van der Waals surface area contributed by atoms with Crippen molar-refractivity contribution < 1.29 is 4.79 Å². The van der Waals surface area contributed by atoms with Crippen LogP contribution in [-0.4, -0.2) is 33.4 Å². The van der Waals surface area contributed by atoms with Gasteiger partial charge < -0.3 is 4.90 Å². The first-order chi connectivity index (χ1) is 10.9. The summed E-state index contributed by atoms with van der Waals surface area (Å²) in [6.07, 6.45) is 2.67. The zero-order chi connectivity index (χ0) is 16.7. The number of carbonyl (C=O) groups excluding carboxylic acids is 1. The quantitative estimate of drug-likeness (QED) is 0.849. The highest BCUT2D eigenvalue weighted by atomic mass is 32.1. The lowest BCUT2D eigenvalue weighted by atomic mass is 9.92. The largest absolute Gasteiger partial charge is 0.341 e. The Kier molecular flexibility index (Phi) is 4.27. The van der Waals surface area contributed by atoms with Crippen LogP contribution in [0.25, 0.3) is 10.2 Å². The topological polar surface area (TPSA) is 55.2 Å². The molecule has 0 aliphatic carbocycles. The number of hydrogen-bond donors (Lipinski definition) is 0. The normalized spacial score (nSPS) is 21.8. The van der Waals surface area contributed by atoms with Gasteiger partial charge in [0.15, 0.2) is 0 Å². The molecular weight excluding hydrogens is 310 g/mol. The Hall–Kier alpha value is -1.69. The monoisotopic (exact) mass is 333 g/mol. The Bertz CT molecular complexity index is 798. The van der Waals surface area contributed by atoms with Crippen molar-refractivity contribution in [3.8, 4) is 0 Å². The molecule has 0 unspecified atom stereocenters. The first-order valence-electron chi connectivity index (χ1n) is 8.09. The molecule has 2 aromatic heterocycles. The molecule has 1 saturated heterocycles. The maximum Gasteiger partial charge on any atom is 0.262 e. The van der Waals surface area contributed by atoms with Crippen LogP contribution in [-0.2, 0) is 11.3 Å². The van der Waals surface area contributed by atoms with Crippen LogP contribution in [0.2, 0.25) is 0 Å². The van der Waals surface area contributed by atoms with Gasteiger partial charge in [0, 0.05) is 18.0 Å². The molecule has 3 heterocycles. The molecule has 23 heavy (non-hydrogen) atoms. The minimum atomic E-state index is -0.108. The standard InChI is InChI=1S/C17H23N3O2S/c1-10-5-11(2)7-19(6-10)14(21)8-20-9-18-16-15(17(20)22)12(3)13(4)23-16/h9-11H,5-8H2,1-4H3/t10-,11-/m1/s1. The summed E-state index contributed by atoms with van der Waals surface area (Å²) < 4.78 is 1.45. The summed E-state index contributed by atoms with van der Waals surface area (Å²) in [6.45, 7) is 9.93. The van der Waals surface area contributed by atoms with E-state index >= 15 is 0 Å². The Morgan fingerprint density at radius 3 is 2.61 bits per heavy atom. The summed E-state index contributed by atoms with van der Waals surface area (Å²) in [6, 6.07) is 0. The van der Waals surface area contributed by atoms with E-state index in [9.17, 15) is 9.59 Å². The lowest BCUT2D eigenvalue weighted by molar-refractivity contribution is -0.134. The number of rotatable bonds is 2. The van der Waals surface area contributed by atoms with Crippen LogP contribution in [0.3, 0.4) is 0 Å². The number of hydrogen-bond acceptors (Lipinski definition) is 4. The molecule has 1 fully saturated rings. The van der Waals surface area contributed by atoms with Gasteiger partial charge in [0.05, 0.1) is 11.7 Å². The van der Waals surface area contributed by atoms with E-state index in [1.54, 1.807) is 0 Å². The average Bonchev–Trinajstić information content (AvgIpc) is 2.77. The van der Waals surface area contributed by atoms with Gasteiger partial charge in [-0.15, -0.1) is 11.3 Å². The van der Waals surface area contributed by atoms with Crippen LogP contribution in [0.15, 0.2) is 11.1 Å². The third kappa shape index (κ3) is 3.04. The second kappa shape index (κ2) is 6.07. The summed E-state index contributed by atoms with van der Waals surface area (Å²) in [7, 11) is 0. The summed E-state index contributed by atoms with van der Waals surface area (Å²) in [5.74, 6) is 1.04. The molecule has 0 aromatic carbocycles. The summed E-state index contributed by atoms with van der Waals surface area (Å²) in [4.78, 5) is 33.4.